The Morgan fingerprint density at radius 2 is 2.00 bits per heavy atom. The second-order valence-electron chi connectivity index (χ2n) is 9.71. The van der Waals surface area contributed by atoms with Gasteiger partial charge in [-0.05, 0) is 25.7 Å². The molecule has 14 heteroatoms. The quantitative estimate of drug-likeness (QED) is 0.581. The van der Waals surface area contributed by atoms with Crippen molar-refractivity contribution in [1.29, 1.82) is 5.26 Å². The molecule has 3 heterocycles. The minimum atomic E-state index is -5.17. The highest BCUT2D eigenvalue weighted by Gasteiger charge is 2.54. The third-order valence-electron chi connectivity index (χ3n) is 6.53. The summed E-state index contributed by atoms with van der Waals surface area (Å²) in [7, 11) is 1.26. The molecule has 1 spiro atoms. The molecule has 1 aromatic heterocycles. The number of likely N-dealkylation sites (N-methyl/N-ethyl adjacent to an activating group) is 1. The van der Waals surface area contributed by atoms with Gasteiger partial charge in [0.05, 0.1) is 24.2 Å². The number of hydrogen-bond donors (Lipinski definition) is 2. The summed E-state index contributed by atoms with van der Waals surface area (Å²) in [6.45, 7) is 4.76. The number of nitrogens with one attached hydrogen (secondary N) is 2. The fourth-order valence-corrected chi connectivity index (χ4v) is 4.64. The van der Waals surface area contributed by atoms with Crippen molar-refractivity contribution in [1.82, 2.24) is 24.9 Å². The average molecular weight is 512 g/mol. The number of carbonyl (C=O) groups excluding carboxylic acids is 4. The van der Waals surface area contributed by atoms with Crippen molar-refractivity contribution in [3.8, 4) is 6.07 Å². The molecule has 2 aliphatic heterocycles. The SMILES string of the molecule is CC(C)CC(C(=O)N1CC2(C[C@H]1C#N)Cn1nccc1NC2=O)N(C)C(=O)C(C)NC(=O)C(F)(F)F. The van der Waals surface area contributed by atoms with Crippen molar-refractivity contribution < 1.29 is 32.3 Å². The number of aromatic nitrogens is 2. The molecule has 4 atom stereocenters. The molecule has 2 N–H and O–H groups in total. The molecule has 0 radical (unpaired) electrons. The topological polar surface area (TPSA) is 140 Å². The maximum atomic E-state index is 13.7. The Kier molecular flexibility index (Phi) is 7.33. The van der Waals surface area contributed by atoms with E-state index in [-0.39, 0.29) is 37.8 Å². The van der Waals surface area contributed by atoms with Gasteiger partial charge in [0.2, 0.25) is 17.7 Å². The first-order valence-electron chi connectivity index (χ1n) is 11.4. The fraction of sp³-hybridized carbons (Fsp3) is 0.636. The Balaban J connectivity index is 1.83. The van der Waals surface area contributed by atoms with Gasteiger partial charge in [-0.2, -0.15) is 23.5 Å². The molecule has 0 aromatic carbocycles. The second-order valence-corrected chi connectivity index (χ2v) is 9.71. The maximum absolute atomic E-state index is 13.7. The van der Waals surface area contributed by atoms with Gasteiger partial charge in [-0.3, -0.25) is 19.2 Å². The molecule has 4 amide bonds. The van der Waals surface area contributed by atoms with Gasteiger partial charge in [-0.1, -0.05) is 13.8 Å². The summed E-state index contributed by atoms with van der Waals surface area (Å²) in [6, 6.07) is 0.0518. The number of halogens is 3. The van der Waals surface area contributed by atoms with Crippen LogP contribution in [0.25, 0.3) is 0 Å². The lowest BCUT2D eigenvalue weighted by atomic mass is 9.83. The average Bonchev–Trinajstić information content (AvgIpc) is 3.40. The van der Waals surface area contributed by atoms with Crippen LogP contribution in [0.3, 0.4) is 0 Å². The summed E-state index contributed by atoms with van der Waals surface area (Å²) in [5, 5.41) is 18.3. The van der Waals surface area contributed by atoms with E-state index < -0.39 is 47.4 Å². The molecule has 1 aromatic rings. The van der Waals surface area contributed by atoms with E-state index in [1.165, 1.54) is 18.1 Å². The number of nitriles is 1. The lowest BCUT2D eigenvalue weighted by Gasteiger charge is -2.35. The predicted octanol–water partition coefficient (Wildman–Crippen LogP) is 0.886. The first-order chi connectivity index (χ1) is 16.7. The number of amides is 4. The maximum Gasteiger partial charge on any atom is 0.471 e. The number of carbonyl (C=O) groups is 4. The highest BCUT2D eigenvalue weighted by Crippen LogP contribution is 2.41. The van der Waals surface area contributed by atoms with E-state index in [1.54, 1.807) is 29.9 Å². The van der Waals surface area contributed by atoms with Crippen LogP contribution in [-0.2, 0) is 25.7 Å². The lowest BCUT2D eigenvalue weighted by molar-refractivity contribution is -0.175. The van der Waals surface area contributed by atoms with Crippen LogP contribution < -0.4 is 10.6 Å². The highest BCUT2D eigenvalue weighted by atomic mass is 19.4. The van der Waals surface area contributed by atoms with Gasteiger partial charge in [0.25, 0.3) is 0 Å². The summed E-state index contributed by atoms with van der Waals surface area (Å²) in [5.74, 6) is -3.71. The number of likely N-dealkylation sites (tertiary alicyclic amines) is 1. The van der Waals surface area contributed by atoms with Crippen LogP contribution in [-0.4, -0.2) is 81.1 Å². The molecular formula is C22H28F3N7O4. The van der Waals surface area contributed by atoms with E-state index in [1.807, 2.05) is 0 Å². The Hall–Kier alpha value is -3.63. The molecule has 36 heavy (non-hydrogen) atoms. The lowest BCUT2D eigenvalue weighted by Crippen LogP contribution is -2.56. The molecule has 2 aliphatic rings. The van der Waals surface area contributed by atoms with Crippen molar-refractivity contribution in [3.05, 3.63) is 12.3 Å². The molecule has 3 rings (SSSR count). The molecule has 1 fully saturated rings. The van der Waals surface area contributed by atoms with Gasteiger partial charge >= 0.3 is 12.1 Å². The smallest absolute Gasteiger partial charge is 0.337 e. The minimum absolute atomic E-state index is 0.0600. The van der Waals surface area contributed by atoms with E-state index in [0.29, 0.717) is 5.82 Å². The minimum Gasteiger partial charge on any atom is -0.337 e. The van der Waals surface area contributed by atoms with E-state index in [9.17, 15) is 37.6 Å². The third-order valence-corrected chi connectivity index (χ3v) is 6.53. The number of fused-ring (bicyclic) bond motifs is 1. The molecule has 1 saturated heterocycles. The number of rotatable bonds is 6. The van der Waals surface area contributed by atoms with Crippen LogP contribution in [0.1, 0.15) is 33.6 Å². The highest BCUT2D eigenvalue weighted by molar-refractivity contribution is 5.98. The zero-order valence-corrected chi connectivity index (χ0v) is 20.3. The Labute approximate surface area is 205 Å². The van der Waals surface area contributed by atoms with Crippen molar-refractivity contribution in [2.75, 3.05) is 18.9 Å². The Bertz CT molecular complexity index is 1100. The number of anilines is 1. The Morgan fingerprint density at radius 3 is 2.58 bits per heavy atom. The van der Waals surface area contributed by atoms with E-state index in [0.717, 1.165) is 11.8 Å². The normalized spacial score (nSPS) is 23.0. The van der Waals surface area contributed by atoms with Gasteiger partial charge in [0.1, 0.15) is 23.9 Å². The van der Waals surface area contributed by atoms with Crippen LogP contribution >= 0.6 is 0 Å². The second kappa shape index (κ2) is 9.79. The van der Waals surface area contributed by atoms with E-state index >= 15 is 0 Å². The summed E-state index contributed by atoms with van der Waals surface area (Å²) in [6.07, 6.45) is -3.44. The number of alkyl halides is 3. The Morgan fingerprint density at radius 1 is 1.33 bits per heavy atom. The van der Waals surface area contributed by atoms with Crippen molar-refractivity contribution >= 4 is 29.4 Å². The first kappa shape index (κ1) is 27.0. The standard InChI is InChI=1S/C22H28F3N7O4/c1-12(2)7-15(30(4)17(33)13(3)28-20(36)22(23,24)25)18(34)31-10-21(8-14(31)9-26)11-32-16(5-6-27-32)29-19(21)35/h5-6,12-15H,7-8,10-11H2,1-4H3,(H,28,36)(H,29,35)/t13?,14-,15?,21?/m0/s1. The van der Waals surface area contributed by atoms with Gasteiger partial charge in [0, 0.05) is 19.7 Å². The summed E-state index contributed by atoms with van der Waals surface area (Å²) >= 11 is 0. The molecule has 3 unspecified atom stereocenters. The molecule has 196 valence electrons. The zero-order chi connectivity index (χ0) is 27.0. The monoisotopic (exact) mass is 511 g/mol. The van der Waals surface area contributed by atoms with Crippen molar-refractivity contribution in [2.45, 2.75) is 64.5 Å². The van der Waals surface area contributed by atoms with Crippen LogP contribution in [0.2, 0.25) is 0 Å². The molecule has 0 bridgehead atoms. The van der Waals surface area contributed by atoms with E-state index in [4.69, 9.17) is 0 Å². The van der Waals surface area contributed by atoms with Crippen molar-refractivity contribution in [3.63, 3.8) is 0 Å². The predicted molar refractivity (Wildman–Crippen MR) is 119 cm³/mol. The van der Waals surface area contributed by atoms with Crippen LogP contribution in [0, 0.1) is 22.7 Å². The summed E-state index contributed by atoms with van der Waals surface area (Å²) < 4.78 is 39.5. The zero-order valence-electron chi connectivity index (χ0n) is 20.3. The number of hydrogen-bond acceptors (Lipinski definition) is 6. The fourth-order valence-electron chi connectivity index (χ4n) is 4.64. The van der Waals surface area contributed by atoms with Gasteiger partial charge < -0.3 is 20.4 Å². The van der Waals surface area contributed by atoms with Crippen LogP contribution in [0.5, 0.6) is 0 Å². The van der Waals surface area contributed by atoms with E-state index in [2.05, 4.69) is 16.5 Å². The number of nitrogens with zero attached hydrogens (tertiary/aromatic N) is 5. The van der Waals surface area contributed by atoms with Gasteiger partial charge in [-0.15, -0.1) is 0 Å². The third kappa shape index (κ3) is 5.14. The van der Waals surface area contributed by atoms with Crippen LogP contribution in [0.4, 0.5) is 19.0 Å². The van der Waals surface area contributed by atoms with Gasteiger partial charge in [0.15, 0.2) is 0 Å². The van der Waals surface area contributed by atoms with Gasteiger partial charge in [-0.25, -0.2) is 4.68 Å². The molecule has 11 nitrogen and oxygen atoms in total. The molecular weight excluding hydrogens is 483 g/mol. The molecule has 0 saturated carbocycles. The largest absolute Gasteiger partial charge is 0.471 e. The summed E-state index contributed by atoms with van der Waals surface area (Å²) in [4.78, 5) is 53.1. The first-order valence-corrected chi connectivity index (χ1v) is 11.4. The summed E-state index contributed by atoms with van der Waals surface area (Å²) in [5.41, 5.74) is -1.10. The van der Waals surface area contributed by atoms with Crippen LogP contribution in [0.15, 0.2) is 12.3 Å². The van der Waals surface area contributed by atoms with Crippen molar-refractivity contribution in [2.24, 2.45) is 11.3 Å². The molecule has 0 aliphatic carbocycles.